The van der Waals surface area contributed by atoms with E-state index in [0.29, 0.717) is 0 Å². The van der Waals surface area contributed by atoms with Gasteiger partial charge in [0.25, 0.3) is 0 Å². The lowest BCUT2D eigenvalue weighted by Crippen LogP contribution is -2.14. The average molecular weight is 388 g/mol. The molecule has 0 radical (unpaired) electrons. The summed E-state index contributed by atoms with van der Waals surface area (Å²) in [5, 5.41) is 5.36. The fraction of sp³-hybridized carbons (Fsp3) is 0.273. The third kappa shape index (κ3) is 3.93. The molecule has 0 aliphatic carbocycles. The minimum Gasteiger partial charge on any atom is -0.207 e. The predicted molar refractivity (Wildman–Crippen MR) is 112 cm³/mol. The maximum atomic E-state index is 13.4. The van der Waals surface area contributed by atoms with Crippen molar-refractivity contribution in [3.63, 3.8) is 0 Å². The molecule has 0 spiro atoms. The van der Waals surface area contributed by atoms with Crippen LogP contribution in [0.15, 0.2) is 48.5 Å². The van der Waals surface area contributed by atoms with E-state index in [1.165, 1.54) is 46.0 Å². The monoisotopic (exact) mass is 388 g/mol. The van der Waals surface area contributed by atoms with Crippen LogP contribution in [0.5, 0.6) is 0 Å². The van der Waals surface area contributed by atoms with Gasteiger partial charge in [-0.1, -0.05) is 24.3 Å². The van der Waals surface area contributed by atoms with Crippen LogP contribution in [0.3, 0.4) is 0 Å². The number of benzene rings is 2. The molecule has 0 bridgehead atoms. The Balaban J connectivity index is 1.93. The van der Waals surface area contributed by atoms with Crippen molar-refractivity contribution in [2.75, 3.05) is 6.16 Å². The van der Waals surface area contributed by atoms with Gasteiger partial charge in [0.2, 0.25) is 0 Å². The van der Waals surface area contributed by atoms with Gasteiger partial charge < -0.3 is 0 Å². The van der Waals surface area contributed by atoms with E-state index >= 15 is 0 Å². The minimum atomic E-state index is -0.621. The molecule has 0 amide bonds. The summed E-state index contributed by atoms with van der Waals surface area (Å²) in [6.07, 6.45) is 2.16. The molecular weight excluding hydrogens is 364 g/mol. The third-order valence-corrected chi connectivity index (χ3v) is 11.1. The van der Waals surface area contributed by atoms with Crippen LogP contribution in [-0.2, 0) is 6.16 Å². The third-order valence-electron chi connectivity index (χ3n) is 5.28. The average Bonchev–Trinajstić information content (AvgIpc) is 2.82. The van der Waals surface area contributed by atoms with E-state index in [1.807, 2.05) is 24.3 Å². The summed E-state index contributed by atoms with van der Waals surface area (Å²) in [5.74, 6) is -0.432. The SMILES string of the molecule is Cc1c(C)c(C)p(CCP(c2ccc(F)cc2)c2ccc(F)cc2)c1C. The lowest BCUT2D eigenvalue weighted by molar-refractivity contribution is 0.628. The summed E-state index contributed by atoms with van der Waals surface area (Å²) in [5.41, 5.74) is 2.89. The summed E-state index contributed by atoms with van der Waals surface area (Å²) < 4.78 is 26.7. The highest BCUT2D eigenvalue weighted by atomic mass is 31.1. The second-order valence-corrected chi connectivity index (χ2v) is 11.7. The Labute approximate surface area is 157 Å². The van der Waals surface area contributed by atoms with E-state index in [0.717, 1.165) is 22.9 Å². The highest BCUT2D eigenvalue weighted by Crippen LogP contribution is 2.47. The first-order valence-corrected chi connectivity index (χ1v) is 11.9. The lowest BCUT2D eigenvalue weighted by Gasteiger charge is -2.19. The molecule has 0 atom stereocenters. The van der Waals surface area contributed by atoms with E-state index in [9.17, 15) is 8.78 Å². The largest absolute Gasteiger partial charge is 0.207 e. The van der Waals surface area contributed by atoms with Crippen molar-refractivity contribution < 1.29 is 8.78 Å². The normalized spacial score (nSPS) is 11.3. The Kier molecular flexibility index (Phi) is 5.96. The zero-order chi connectivity index (χ0) is 18.8. The van der Waals surface area contributed by atoms with Gasteiger partial charge in [-0.3, -0.25) is 0 Å². The van der Waals surface area contributed by atoms with Crippen LogP contribution in [0.4, 0.5) is 8.78 Å². The van der Waals surface area contributed by atoms with Gasteiger partial charge in [0.05, 0.1) is 0 Å². The maximum absolute atomic E-state index is 13.4. The standard InChI is InChI=1S/C22H24F2P2/c1-15-16(2)18(4)25(17(15)3)13-14-26(21-9-5-19(23)6-10-21)22-11-7-20(24)8-12-22/h5-12H,13-14H2,1-4H3. The Morgan fingerprint density at radius 2 is 1.08 bits per heavy atom. The van der Waals surface area contributed by atoms with Crippen molar-refractivity contribution in [3.8, 4) is 0 Å². The first-order valence-electron chi connectivity index (χ1n) is 8.80. The summed E-state index contributed by atoms with van der Waals surface area (Å²) in [6.45, 7) is 8.97. The van der Waals surface area contributed by atoms with Crippen LogP contribution in [0.2, 0.25) is 0 Å². The highest BCUT2D eigenvalue weighted by Gasteiger charge is 2.17. The molecule has 0 aliphatic heterocycles. The van der Waals surface area contributed by atoms with Gasteiger partial charge in [0.15, 0.2) is 0 Å². The molecule has 0 unspecified atom stereocenters. The van der Waals surface area contributed by atoms with Crippen LogP contribution in [0.25, 0.3) is 0 Å². The molecule has 1 aromatic heterocycles. The molecule has 0 N–H and O–H groups in total. The Hall–Kier alpha value is -1.49. The molecule has 4 heteroatoms. The van der Waals surface area contributed by atoms with Crippen LogP contribution in [0, 0.1) is 39.3 Å². The van der Waals surface area contributed by atoms with Crippen LogP contribution in [0.1, 0.15) is 21.7 Å². The molecule has 0 saturated heterocycles. The minimum absolute atomic E-state index is 0.216. The van der Waals surface area contributed by atoms with Gasteiger partial charge in [-0.25, -0.2) is 8.78 Å². The van der Waals surface area contributed by atoms with Crippen molar-refractivity contribution in [1.82, 2.24) is 0 Å². The van der Waals surface area contributed by atoms with Gasteiger partial charge in [-0.2, -0.15) is 0 Å². The van der Waals surface area contributed by atoms with Gasteiger partial charge in [-0.05, 0) is 105 Å². The molecule has 0 saturated carbocycles. The van der Waals surface area contributed by atoms with Gasteiger partial charge in [0.1, 0.15) is 11.6 Å². The van der Waals surface area contributed by atoms with Crippen LogP contribution < -0.4 is 10.6 Å². The maximum Gasteiger partial charge on any atom is 0.123 e. The van der Waals surface area contributed by atoms with E-state index < -0.39 is 7.92 Å². The number of rotatable bonds is 5. The molecule has 0 fully saturated rings. The van der Waals surface area contributed by atoms with Crippen molar-refractivity contribution in [2.24, 2.45) is 0 Å². The predicted octanol–water partition coefficient (Wildman–Crippen LogP) is 6.32. The second kappa shape index (κ2) is 8.03. The van der Waals surface area contributed by atoms with Crippen LogP contribution in [-0.4, -0.2) is 6.16 Å². The number of halogens is 2. The van der Waals surface area contributed by atoms with Crippen molar-refractivity contribution in [3.05, 3.63) is 81.9 Å². The number of hydrogen-bond donors (Lipinski definition) is 0. The summed E-state index contributed by atoms with van der Waals surface area (Å²) in [6, 6.07) is 13.6. The quantitative estimate of drug-likeness (QED) is 0.449. The summed E-state index contributed by atoms with van der Waals surface area (Å²) in [7, 11) is -0.865. The molecule has 3 aromatic rings. The number of hydrogen-bond acceptors (Lipinski definition) is 0. The first-order chi connectivity index (χ1) is 12.4. The highest BCUT2D eigenvalue weighted by molar-refractivity contribution is 7.73. The molecule has 0 nitrogen and oxygen atoms in total. The zero-order valence-electron chi connectivity index (χ0n) is 15.7. The Bertz CT molecular complexity index is 822. The molecule has 26 heavy (non-hydrogen) atoms. The molecule has 1 heterocycles. The topological polar surface area (TPSA) is 0 Å². The van der Waals surface area contributed by atoms with E-state index in [2.05, 4.69) is 27.7 Å². The smallest absolute Gasteiger partial charge is 0.123 e. The van der Waals surface area contributed by atoms with Gasteiger partial charge >= 0.3 is 0 Å². The van der Waals surface area contributed by atoms with E-state index in [1.54, 1.807) is 0 Å². The first kappa shape index (κ1) is 19.3. The summed E-state index contributed by atoms with van der Waals surface area (Å²) >= 11 is 0. The lowest BCUT2D eigenvalue weighted by atomic mass is 10.2. The Morgan fingerprint density at radius 3 is 1.46 bits per heavy atom. The fourth-order valence-corrected chi connectivity index (χ4v) is 9.14. The van der Waals surface area contributed by atoms with Crippen molar-refractivity contribution >= 4 is 26.1 Å². The molecular formula is C22H24F2P2. The second-order valence-electron chi connectivity index (χ2n) is 6.68. The zero-order valence-corrected chi connectivity index (χ0v) is 17.5. The molecule has 2 aromatic carbocycles. The molecule has 0 aliphatic rings. The molecule has 3 rings (SSSR count). The van der Waals surface area contributed by atoms with E-state index in [-0.39, 0.29) is 19.2 Å². The van der Waals surface area contributed by atoms with Gasteiger partial charge in [0, 0.05) is 0 Å². The molecule has 136 valence electrons. The Morgan fingerprint density at radius 1 is 0.692 bits per heavy atom. The van der Waals surface area contributed by atoms with Crippen molar-refractivity contribution in [2.45, 2.75) is 33.9 Å². The fourth-order valence-electron chi connectivity index (χ4n) is 3.38. The van der Waals surface area contributed by atoms with Crippen molar-refractivity contribution in [1.29, 1.82) is 0 Å². The van der Waals surface area contributed by atoms with E-state index in [4.69, 9.17) is 0 Å². The summed E-state index contributed by atoms with van der Waals surface area (Å²) in [4.78, 5) is 0. The van der Waals surface area contributed by atoms with Crippen LogP contribution >= 0.6 is 15.5 Å². The van der Waals surface area contributed by atoms with Gasteiger partial charge in [-0.15, -0.1) is 7.53 Å².